The zero-order valence-corrected chi connectivity index (χ0v) is 7.36. The summed E-state index contributed by atoms with van der Waals surface area (Å²) >= 11 is 0. The number of hydroxylamine groups is 3. The molecule has 1 aromatic carbocycles. The van der Waals surface area contributed by atoms with Crippen LogP contribution in [0.15, 0.2) is 30.3 Å². The summed E-state index contributed by atoms with van der Waals surface area (Å²) in [6, 6.07) is 12.4. The first-order chi connectivity index (χ1) is 6.29. The lowest BCUT2D eigenvalue weighted by Gasteiger charge is -2.42. The minimum atomic E-state index is -0.325. The fraction of sp³-hybridized carbons (Fsp3) is 0.273. The topological polar surface area (TPSA) is 23.1 Å². The van der Waals surface area contributed by atoms with E-state index in [1.54, 1.807) is 0 Å². The summed E-state index contributed by atoms with van der Waals surface area (Å²) in [6.07, 6.45) is 1.01. The molecular formula is C11H11NO. The summed E-state index contributed by atoms with van der Waals surface area (Å²) in [5.41, 5.74) is 0.919. The Kier molecular flexibility index (Phi) is 2.05. The molecule has 0 aromatic heterocycles. The molecule has 2 nitrogen and oxygen atoms in total. The molecule has 2 rings (SSSR count). The van der Waals surface area contributed by atoms with Gasteiger partial charge in [0.25, 0.3) is 0 Å². The maximum absolute atomic E-state index is 11.5. The number of quaternary nitrogens is 1. The van der Waals surface area contributed by atoms with Crippen molar-refractivity contribution in [3.63, 3.8) is 0 Å². The van der Waals surface area contributed by atoms with Crippen LogP contribution in [0.5, 0.6) is 0 Å². The summed E-state index contributed by atoms with van der Waals surface area (Å²) in [5.74, 6) is 2.90. The van der Waals surface area contributed by atoms with Crippen LogP contribution in [0.4, 0.5) is 0 Å². The molecule has 0 amide bonds. The highest BCUT2D eigenvalue weighted by atomic mass is 16.5. The monoisotopic (exact) mass is 173 g/mol. The van der Waals surface area contributed by atoms with Gasteiger partial charge in [-0.1, -0.05) is 18.2 Å². The number of rotatable bonds is 0. The van der Waals surface area contributed by atoms with Gasteiger partial charge in [-0.2, -0.15) is 0 Å². The highest BCUT2D eigenvalue weighted by molar-refractivity contribution is 5.32. The Hall–Kier alpha value is -1.30. The van der Waals surface area contributed by atoms with Crippen molar-refractivity contribution in [3.05, 3.63) is 41.1 Å². The van der Waals surface area contributed by atoms with Crippen LogP contribution in [0.25, 0.3) is 0 Å². The van der Waals surface area contributed by atoms with Gasteiger partial charge >= 0.3 is 0 Å². The first-order valence-corrected chi connectivity index (χ1v) is 4.45. The third kappa shape index (κ3) is 1.89. The Labute approximate surface area is 78.0 Å². The van der Waals surface area contributed by atoms with Crippen LogP contribution in [0, 0.1) is 17.2 Å². The average Bonchev–Trinajstić information content (AvgIpc) is 2.13. The van der Waals surface area contributed by atoms with Gasteiger partial charge in [0.15, 0.2) is 0 Å². The average molecular weight is 173 g/mol. The van der Waals surface area contributed by atoms with Crippen LogP contribution in [0.3, 0.4) is 0 Å². The Bertz CT molecular complexity index is 343. The molecule has 0 unspecified atom stereocenters. The molecule has 13 heavy (non-hydrogen) atoms. The standard InChI is InChI=1S/C11H11NO/c13-12(8-4-9-12)10-7-11-5-2-1-3-6-11/h1-3,5-6H,4,8-9H2. The minimum absolute atomic E-state index is 0.325. The lowest BCUT2D eigenvalue weighted by atomic mass is 10.2. The van der Waals surface area contributed by atoms with Crippen molar-refractivity contribution in [2.24, 2.45) is 0 Å². The number of hydrogen-bond donors (Lipinski definition) is 0. The van der Waals surface area contributed by atoms with Crippen molar-refractivity contribution in [1.29, 1.82) is 0 Å². The summed E-state index contributed by atoms with van der Waals surface area (Å²) in [5, 5.41) is 11.5. The van der Waals surface area contributed by atoms with Crippen LogP contribution in [0.2, 0.25) is 0 Å². The lowest BCUT2D eigenvalue weighted by molar-refractivity contribution is -0.854. The zero-order valence-electron chi connectivity index (χ0n) is 7.36. The van der Waals surface area contributed by atoms with Gasteiger partial charge < -0.3 is 5.21 Å². The molecule has 0 atom stereocenters. The fourth-order valence-corrected chi connectivity index (χ4v) is 1.25. The summed E-state index contributed by atoms with van der Waals surface area (Å²) in [4.78, 5) is 0. The van der Waals surface area contributed by atoms with Crippen molar-refractivity contribution in [2.45, 2.75) is 6.42 Å². The number of benzene rings is 1. The highest BCUT2D eigenvalue weighted by Crippen LogP contribution is 2.15. The van der Waals surface area contributed by atoms with Gasteiger partial charge in [0, 0.05) is 12.0 Å². The highest BCUT2D eigenvalue weighted by Gasteiger charge is 2.24. The maximum Gasteiger partial charge on any atom is 0.143 e. The molecule has 0 spiro atoms. The molecular weight excluding hydrogens is 162 g/mol. The first-order valence-electron chi connectivity index (χ1n) is 4.45. The molecule has 0 saturated carbocycles. The normalized spacial score (nSPS) is 18.2. The molecule has 1 aliphatic rings. The van der Waals surface area contributed by atoms with Crippen LogP contribution in [-0.4, -0.2) is 17.7 Å². The molecule has 1 heterocycles. The van der Waals surface area contributed by atoms with E-state index in [1.807, 2.05) is 30.3 Å². The molecule has 66 valence electrons. The second-order valence-electron chi connectivity index (χ2n) is 3.29. The van der Waals surface area contributed by atoms with Crippen LogP contribution >= 0.6 is 0 Å². The fourth-order valence-electron chi connectivity index (χ4n) is 1.25. The lowest BCUT2D eigenvalue weighted by Crippen LogP contribution is -2.48. The third-order valence-electron chi connectivity index (χ3n) is 2.22. The van der Waals surface area contributed by atoms with E-state index in [2.05, 4.69) is 12.0 Å². The van der Waals surface area contributed by atoms with Crippen molar-refractivity contribution >= 4 is 0 Å². The van der Waals surface area contributed by atoms with Gasteiger partial charge in [0.2, 0.25) is 0 Å². The molecule has 1 fully saturated rings. The van der Waals surface area contributed by atoms with Crippen LogP contribution in [0.1, 0.15) is 12.0 Å². The molecule has 0 N–H and O–H groups in total. The van der Waals surface area contributed by atoms with Crippen LogP contribution < -0.4 is 0 Å². The summed E-state index contributed by atoms with van der Waals surface area (Å²) in [7, 11) is 0. The Balaban J connectivity index is 2.13. The van der Waals surface area contributed by atoms with Crippen molar-refractivity contribution < 1.29 is 4.65 Å². The molecule has 1 aliphatic heterocycles. The van der Waals surface area contributed by atoms with Crippen LogP contribution in [-0.2, 0) is 0 Å². The first kappa shape index (κ1) is 8.31. The summed E-state index contributed by atoms with van der Waals surface area (Å²) in [6.45, 7) is 1.31. The van der Waals surface area contributed by atoms with Crippen molar-refractivity contribution in [3.8, 4) is 12.0 Å². The maximum atomic E-state index is 11.5. The Morgan fingerprint density at radius 2 is 1.85 bits per heavy atom. The molecule has 1 aromatic rings. The largest absolute Gasteiger partial charge is 0.619 e. The van der Waals surface area contributed by atoms with Gasteiger partial charge in [0.05, 0.1) is 13.1 Å². The number of hydrogen-bond acceptors (Lipinski definition) is 1. The van der Waals surface area contributed by atoms with Gasteiger partial charge in [-0.05, 0) is 18.1 Å². The Morgan fingerprint density at radius 1 is 1.15 bits per heavy atom. The minimum Gasteiger partial charge on any atom is -0.619 e. The van der Waals surface area contributed by atoms with Crippen molar-refractivity contribution in [2.75, 3.05) is 13.1 Å². The van der Waals surface area contributed by atoms with E-state index in [1.165, 1.54) is 0 Å². The van der Waals surface area contributed by atoms with Crippen molar-refractivity contribution in [1.82, 2.24) is 0 Å². The molecule has 0 aliphatic carbocycles. The van der Waals surface area contributed by atoms with E-state index in [0.29, 0.717) is 13.1 Å². The smallest absolute Gasteiger partial charge is 0.143 e. The molecule has 0 radical (unpaired) electrons. The van der Waals surface area contributed by atoms with E-state index in [-0.39, 0.29) is 4.65 Å². The second-order valence-corrected chi connectivity index (χ2v) is 3.29. The quantitative estimate of drug-likeness (QED) is 0.333. The molecule has 0 bridgehead atoms. The zero-order chi connectivity index (χ0) is 9.15. The van der Waals surface area contributed by atoms with E-state index in [9.17, 15) is 5.21 Å². The van der Waals surface area contributed by atoms with E-state index in [4.69, 9.17) is 0 Å². The molecule has 1 saturated heterocycles. The van der Waals surface area contributed by atoms with Gasteiger partial charge in [-0.25, -0.2) is 0 Å². The summed E-state index contributed by atoms with van der Waals surface area (Å²) < 4.78 is -0.325. The van der Waals surface area contributed by atoms with Gasteiger partial charge in [0.1, 0.15) is 6.04 Å². The van der Waals surface area contributed by atoms with E-state index in [0.717, 1.165) is 12.0 Å². The predicted molar refractivity (Wildman–Crippen MR) is 51.3 cm³/mol. The van der Waals surface area contributed by atoms with Gasteiger partial charge in [-0.15, -0.1) is 0 Å². The third-order valence-corrected chi connectivity index (χ3v) is 2.22. The molecule has 2 heteroatoms. The number of nitrogens with zero attached hydrogens (tertiary/aromatic N) is 1. The second kappa shape index (κ2) is 3.21. The van der Waals surface area contributed by atoms with E-state index >= 15 is 0 Å². The van der Waals surface area contributed by atoms with E-state index < -0.39 is 0 Å². The predicted octanol–water partition coefficient (Wildman–Crippen LogP) is 1.71. The number of likely N-dealkylation sites (tertiary alicyclic amines) is 1. The van der Waals surface area contributed by atoms with Gasteiger partial charge in [-0.3, -0.25) is 4.65 Å². The SMILES string of the molecule is [O-][N+]1(C#Cc2ccccc2)CCC1. The Morgan fingerprint density at radius 3 is 2.38 bits per heavy atom.